The molecule has 1 N–H and O–H groups in total. The van der Waals surface area contributed by atoms with E-state index in [1.165, 1.54) is 11.3 Å². The lowest BCUT2D eigenvalue weighted by Gasteiger charge is -2.28. The van der Waals surface area contributed by atoms with E-state index in [1.54, 1.807) is 11.8 Å². The maximum atomic E-state index is 13.8. The van der Waals surface area contributed by atoms with Gasteiger partial charge in [-0.05, 0) is 63.2 Å². The fourth-order valence-electron chi connectivity index (χ4n) is 4.85. The van der Waals surface area contributed by atoms with Crippen molar-refractivity contribution in [3.8, 4) is 5.75 Å². The molecule has 38 heavy (non-hydrogen) atoms. The number of thiazole rings is 1. The van der Waals surface area contributed by atoms with Gasteiger partial charge in [-0.2, -0.15) is 0 Å². The van der Waals surface area contributed by atoms with E-state index in [2.05, 4.69) is 23.7 Å². The van der Waals surface area contributed by atoms with Crippen LogP contribution in [0.2, 0.25) is 0 Å². The van der Waals surface area contributed by atoms with E-state index in [9.17, 15) is 14.7 Å². The molecule has 0 bridgehead atoms. The SMILES string of the molecule is CCN(CC)CCCN1C(=O)C(O)=C(C(=O)c2sc(C)nc2C)C1c1cccc(OCc2ccccc2)c1. The van der Waals surface area contributed by atoms with Crippen LogP contribution in [0, 0.1) is 13.8 Å². The minimum atomic E-state index is -0.714. The van der Waals surface area contributed by atoms with E-state index in [-0.39, 0.29) is 11.4 Å². The largest absolute Gasteiger partial charge is 0.503 e. The van der Waals surface area contributed by atoms with Gasteiger partial charge in [-0.1, -0.05) is 56.3 Å². The molecular formula is C30H35N3O4S. The Morgan fingerprint density at radius 3 is 2.50 bits per heavy atom. The average molecular weight is 534 g/mol. The summed E-state index contributed by atoms with van der Waals surface area (Å²) in [7, 11) is 0. The lowest BCUT2D eigenvalue weighted by molar-refractivity contribution is -0.129. The summed E-state index contributed by atoms with van der Waals surface area (Å²) in [5.41, 5.74) is 2.46. The van der Waals surface area contributed by atoms with E-state index in [0.717, 1.165) is 42.2 Å². The molecule has 1 aromatic heterocycles. The van der Waals surface area contributed by atoms with E-state index in [0.29, 0.717) is 29.5 Å². The number of Topliss-reactive ketones (excluding diaryl/α,β-unsaturated/α-hetero) is 1. The molecule has 4 rings (SSSR count). The molecule has 1 aliphatic heterocycles. The van der Waals surface area contributed by atoms with Crippen molar-refractivity contribution in [1.82, 2.24) is 14.8 Å². The number of hydrogen-bond acceptors (Lipinski definition) is 7. The van der Waals surface area contributed by atoms with Gasteiger partial charge in [-0.15, -0.1) is 11.3 Å². The van der Waals surface area contributed by atoms with Crippen LogP contribution in [-0.2, 0) is 11.4 Å². The van der Waals surface area contributed by atoms with Crippen LogP contribution in [0.3, 0.4) is 0 Å². The van der Waals surface area contributed by atoms with Crippen LogP contribution in [-0.4, -0.2) is 57.8 Å². The van der Waals surface area contributed by atoms with E-state index < -0.39 is 17.7 Å². The first-order valence-electron chi connectivity index (χ1n) is 13.1. The van der Waals surface area contributed by atoms with Gasteiger partial charge in [0.15, 0.2) is 5.76 Å². The Balaban J connectivity index is 1.66. The Hall–Kier alpha value is -3.49. The van der Waals surface area contributed by atoms with Gasteiger partial charge in [-0.3, -0.25) is 9.59 Å². The van der Waals surface area contributed by atoms with Crippen molar-refractivity contribution >= 4 is 23.0 Å². The Labute approximate surface area is 228 Å². The van der Waals surface area contributed by atoms with Crippen LogP contribution >= 0.6 is 11.3 Å². The topological polar surface area (TPSA) is 83.0 Å². The van der Waals surface area contributed by atoms with Gasteiger partial charge >= 0.3 is 0 Å². The summed E-state index contributed by atoms with van der Waals surface area (Å²) in [5, 5.41) is 11.8. The molecule has 0 saturated carbocycles. The zero-order valence-corrected chi connectivity index (χ0v) is 23.3. The minimum absolute atomic E-state index is 0.102. The zero-order valence-electron chi connectivity index (χ0n) is 22.4. The van der Waals surface area contributed by atoms with Gasteiger partial charge in [0.1, 0.15) is 12.4 Å². The van der Waals surface area contributed by atoms with Gasteiger partial charge in [0.05, 0.1) is 27.2 Å². The predicted molar refractivity (Wildman–Crippen MR) is 150 cm³/mol. The Kier molecular flexibility index (Phi) is 8.97. The molecule has 1 unspecified atom stereocenters. The lowest BCUT2D eigenvalue weighted by atomic mass is 9.94. The van der Waals surface area contributed by atoms with Crippen molar-refractivity contribution in [1.29, 1.82) is 0 Å². The number of amides is 1. The molecule has 2 heterocycles. The molecule has 0 radical (unpaired) electrons. The number of nitrogens with zero attached hydrogens (tertiary/aromatic N) is 3. The quantitative estimate of drug-likeness (QED) is 0.303. The highest BCUT2D eigenvalue weighted by Gasteiger charge is 2.44. The van der Waals surface area contributed by atoms with Crippen molar-refractivity contribution in [3.05, 3.63) is 92.6 Å². The smallest absolute Gasteiger partial charge is 0.290 e. The minimum Gasteiger partial charge on any atom is -0.503 e. The van der Waals surface area contributed by atoms with Crippen molar-refractivity contribution in [3.63, 3.8) is 0 Å². The fraction of sp³-hybridized carbons (Fsp3) is 0.367. The van der Waals surface area contributed by atoms with Crippen molar-refractivity contribution in [2.24, 2.45) is 0 Å². The molecule has 1 amide bonds. The maximum absolute atomic E-state index is 13.8. The number of ether oxygens (including phenoxy) is 1. The number of rotatable bonds is 12. The second-order valence-corrected chi connectivity index (χ2v) is 10.6. The molecule has 0 fully saturated rings. The normalized spacial score (nSPS) is 15.6. The highest BCUT2D eigenvalue weighted by molar-refractivity contribution is 7.14. The highest BCUT2D eigenvalue weighted by Crippen LogP contribution is 2.41. The molecule has 1 atom stereocenters. The van der Waals surface area contributed by atoms with E-state index in [4.69, 9.17) is 4.74 Å². The predicted octanol–water partition coefficient (Wildman–Crippen LogP) is 5.65. The number of aliphatic hydroxyl groups excluding tert-OH is 1. The van der Waals surface area contributed by atoms with Crippen molar-refractivity contribution in [2.45, 2.75) is 46.8 Å². The summed E-state index contributed by atoms with van der Waals surface area (Å²) in [6.45, 7) is 11.3. The molecular weight excluding hydrogens is 498 g/mol. The molecule has 7 nitrogen and oxygen atoms in total. The molecule has 200 valence electrons. The maximum Gasteiger partial charge on any atom is 0.290 e. The van der Waals surface area contributed by atoms with Crippen LogP contribution in [0.15, 0.2) is 65.9 Å². The number of benzene rings is 2. The molecule has 0 spiro atoms. The Morgan fingerprint density at radius 1 is 1.11 bits per heavy atom. The molecule has 0 saturated heterocycles. The van der Waals surface area contributed by atoms with Crippen LogP contribution in [0.25, 0.3) is 0 Å². The van der Waals surface area contributed by atoms with Gasteiger partial charge in [0, 0.05) is 6.54 Å². The first kappa shape index (κ1) is 27.5. The molecule has 0 aliphatic carbocycles. The van der Waals surface area contributed by atoms with Crippen LogP contribution in [0.4, 0.5) is 0 Å². The second kappa shape index (κ2) is 12.4. The Bertz CT molecular complexity index is 1310. The molecule has 1 aliphatic rings. The van der Waals surface area contributed by atoms with Gasteiger partial charge < -0.3 is 19.6 Å². The summed E-state index contributed by atoms with van der Waals surface area (Å²) in [4.78, 5) is 35.9. The number of aliphatic hydroxyl groups is 1. The number of carbonyl (C=O) groups excluding carboxylic acids is 2. The van der Waals surface area contributed by atoms with E-state index >= 15 is 0 Å². The Morgan fingerprint density at radius 2 is 1.84 bits per heavy atom. The number of aryl methyl sites for hydroxylation is 2. The van der Waals surface area contributed by atoms with E-state index in [1.807, 2.05) is 61.5 Å². The fourth-order valence-corrected chi connectivity index (χ4v) is 5.72. The van der Waals surface area contributed by atoms with Crippen LogP contribution in [0.1, 0.15) is 57.8 Å². The third-order valence-electron chi connectivity index (χ3n) is 6.85. The summed E-state index contributed by atoms with van der Waals surface area (Å²) < 4.78 is 6.04. The summed E-state index contributed by atoms with van der Waals surface area (Å²) >= 11 is 1.28. The second-order valence-electron chi connectivity index (χ2n) is 9.37. The average Bonchev–Trinajstić information content (AvgIpc) is 3.40. The van der Waals surface area contributed by atoms with Crippen molar-refractivity contribution in [2.75, 3.05) is 26.2 Å². The third-order valence-corrected chi connectivity index (χ3v) is 7.92. The molecule has 8 heteroatoms. The highest BCUT2D eigenvalue weighted by atomic mass is 32.1. The summed E-state index contributed by atoms with van der Waals surface area (Å²) in [5.74, 6) is -0.730. The molecule has 3 aromatic rings. The van der Waals surface area contributed by atoms with Crippen molar-refractivity contribution < 1.29 is 19.4 Å². The molecule has 2 aromatic carbocycles. The number of aromatic nitrogens is 1. The number of carbonyl (C=O) groups is 2. The zero-order chi connectivity index (χ0) is 27.2. The summed E-state index contributed by atoms with van der Waals surface area (Å²) in [6.07, 6.45) is 0.724. The lowest BCUT2D eigenvalue weighted by Crippen LogP contribution is -2.34. The standard InChI is InChI=1S/C30H35N3O4S/c1-5-32(6-2)16-11-17-33-26(23-14-10-15-24(18-23)37-19-22-12-8-7-9-13-22)25(28(35)30(33)36)27(34)29-20(3)31-21(4)38-29/h7-10,12-15,18,26,35H,5-6,11,16-17,19H2,1-4H3. The van der Waals surface area contributed by atoms with Crippen LogP contribution in [0.5, 0.6) is 5.75 Å². The number of hydrogen-bond donors (Lipinski definition) is 1. The first-order chi connectivity index (χ1) is 18.3. The van der Waals surface area contributed by atoms with Gasteiger partial charge in [0.2, 0.25) is 5.78 Å². The third kappa shape index (κ3) is 5.97. The summed E-state index contributed by atoms with van der Waals surface area (Å²) in [6, 6.07) is 16.6. The van der Waals surface area contributed by atoms with Gasteiger partial charge in [0.25, 0.3) is 5.91 Å². The van der Waals surface area contributed by atoms with Gasteiger partial charge in [-0.25, -0.2) is 4.98 Å². The number of ketones is 1. The monoisotopic (exact) mass is 533 g/mol. The first-order valence-corrected chi connectivity index (χ1v) is 13.9. The van der Waals surface area contributed by atoms with Crippen LogP contribution < -0.4 is 4.74 Å².